The highest BCUT2D eigenvalue weighted by molar-refractivity contribution is 7.93. The number of carboxylic acids is 1. The molecule has 0 saturated heterocycles. The lowest BCUT2D eigenvalue weighted by molar-refractivity contribution is -0.134. The van der Waals surface area contributed by atoms with E-state index < -0.39 is 21.7 Å². The van der Waals surface area contributed by atoms with Crippen molar-refractivity contribution < 1.29 is 18.3 Å². The van der Waals surface area contributed by atoms with Crippen LogP contribution in [0.1, 0.15) is 29.3 Å². The number of hydrogen-bond donors (Lipinski definition) is 2. The molecule has 0 bridgehead atoms. The van der Waals surface area contributed by atoms with Crippen LogP contribution in [-0.2, 0) is 27.7 Å². The molecule has 1 aliphatic rings. The number of carboxylic acid groups (broad SMARTS) is 1. The Kier molecular flexibility index (Phi) is 4.01. The molecule has 0 amide bonds. The van der Waals surface area contributed by atoms with Crippen LogP contribution >= 0.6 is 11.3 Å². The van der Waals surface area contributed by atoms with E-state index in [1.54, 1.807) is 0 Å². The van der Waals surface area contributed by atoms with Gasteiger partial charge in [0.25, 0.3) is 0 Å². The van der Waals surface area contributed by atoms with Crippen molar-refractivity contribution in [2.75, 3.05) is 10.5 Å². The third kappa shape index (κ3) is 3.11. The molecule has 20 heavy (non-hydrogen) atoms. The predicted molar refractivity (Wildman–Crippen MR) is 75.3 cm³/mol. The molecule has 0 aromatic carbocycles. The number of nitrogens with zero attached hydrogens (tertiary/aromatic N) is 1. The molecule has 108 valence electrons. The molecule has 0 spiro atoms. The van der Waals surface area contributed by atoms with Crippen molar-refractivity contribution in [1.29, 1.82) is 5.26 Å². The summed E-state index contributed by atoms with van der Waals surface area (Å²) < 4.78 is 25.6. The average molecular weight is 314 g/mol. The number of sulfonamides is 1. The molecular formula is C12H14N2O4S2. The van der Waals surface area contributed by atoms with E-state index in [-0.39, 0.29) is 5.00 Å². The number of nitriles is 1. The Morgan fingerprint density at radius 3 is 2.90 bits per heavy atom. The number of aliphatic carboxylic acids is 1. The van der Waals surface area contributed by atoms with Gasteiger partial charge in [0.05, 0.1) is 5.56 Å². The van der Waals surface area contributed by atoms with E-state index in [9.17, 15) is 18.5 Å². The molecule has 2 rings (SSSR count). The molecule has 1 aromatic heterocycles. The van der Waals surface area contributed by atoms with Crippen LogP contribution in [0.4, 0.5) is 5.00 Å². The molecule has 1 atom stereocenters. The molecule has 1 heterocycles. The van der Waals surface area contributed by atoms with Gasteiger partial charge in [0.2, 0.25) is 10.0 Å². The first-order valence-electron chi connectivity index (χ1n) is 6.09. The van der Waals surface area contributed by atoms with Crippen molar-refractivity contribution in [1.82, 2.24) is 0 Å². The second-order valence-electron chi connectivity index (χ2n) is 4.92. The number of nitrogens with one attached hydrogen (secondary N) is 1. The van der Waals surface area contributed by atoms with Gasteiger partial charge in [0.15, 0.2) is 5.75 Å². The van der Waals surface area contributed by atoms with Crippen LogP contribution in [-0.4, -0.2) is 25.2 Å². The van der Waals surface area contributed by atoms with Gasteiger partial charge >= 0.3 is 5.97 Å². The zero-order chi connectivity index (χ0) is 14.9. The molecule has 0 radical (unpaired) electrons. The predicted octanol–water partition coefficient (Wildman–Crippen LogP) is 1.57. The monoisotopic (exact) mass is 314 g/mol. The summed E-state index contributed by atoms with van der Waals surface area (Å²) in [6.07, 6.45) is 2.56. The minimum atomic E-state index is -3.97. The zero-order valence-corrected chi connectivity index (χ0v) is 12.5. The van der Waals surface area contributed by atoms with Gasteiger partial charge in [-0.25, -0.2) is 8.42 Å². The fourth-order valence-corrected chi connectivity index (χ4v) is 4.82. The number of carbonyl (C=O) groups is 1. The molecule has 2 N–H and O–H groups in total. The van der Waals surface area contributed by atoms with Gasteiger partial charge in [0.1, 0.15) is 11.1 Å². The van der Waals surface area contributed by atoms with Crippen molar-refractivity contribution in [2.45, 2.75) is 26.2 Å². The second-order valence-corrected chi connectivity index (χ2v) is 7.75. The molecule has 6 nitrogen and oxygen atoms in total. The largest absolute Gasteiger partial charge is 0.480 e. The van der Waals surface area contributed by atoms with Gasteiger partial charge in [-0.3, -0.25) is 9.52 Å². The second kappa shape index (κ2) is 5.42. The lowest BCUT2D eigenvalue weighted by Gasteiger charge is -2.17. The van der Waals surface area contributed by atoms with Gasteiger partial charge in [-0.2, -0.15) is 5.26 Å². The van der Waals surface area contributed by atoms with Crippen LogP contribution in [0.2, 0.25) is 0 Å². The smallest absolute Gasteiger partial charge is 0.320 e. The summed E-state index contributed by atoms with van der Waals surface area (Å²) in [6, 6.07) is 2.03. The first-order valence-corrected chi connectivity index (χ1v) is 8.56. The van der Waals surface area contributed by atoms with Crippen molar-refractivity contribution in [3.63, 3.8) is 0 Å². The summed E-state index contributed by atoms with van der Waals surface area (Å²) in [5, 5.41) is 18.0. The van der Waals surface area contributed by atoms with Gasteiger partial charge in [-0.15, -0.1) is 11.3 Å². The fourth-order valence-electron chi connectivity index (χ4n) is 2.28. The number of fused-ring (bicyclic) bond motifs is 1. The van der Waals surface area contributed by atoms with E-state index in [1.807, 2.05) is 6.07 Å². The highest BCUT2D eigenvalue weighted by Gasteiger charge is 2.26. The summed E-state index contributed by atoms with van der Waals surface area (Å²) in [5.41, 5.74) is 1.24. The lowest BCUT2D eigenvalue weighted by atomic mass is 9.89. The third-order valence-electron chi connectivity index (χ3n) is 3.19. The lowest BCUT2D eigenvalue weighted by Crippen LogP contribution is -2.22. The van der Waals surface area contributed by atoms with Crippen LogP contribution in [0.3, 0.4) is 0 Å². The number of hydrogen-bond acceptors (Lipinski definition) is 5. The fraction of sp³-hybridized carbons (Fsp3) is 0.500. The zero-order valence-electron chi connectivity index (χ0n) is 10.8. The van der Waals surface area contributed by atoms with E-state index in [0.29, 0.717) is 11.5 Å². The summed E-state index contributed by atoms with van der Waals surface area (Å²) >= 11 is 1.24. The minimum Gasteiger partial charge on any atom is -0.480 e. The molecular weight excluding hydrogens is 300 g/mol. The summed E-state index contributed by atoms with van der Waals surface area (Å²) in [6.45, 7) is 2.11. The summed E-state index contributed by atoms with van der Waals surface area (Å²) in [7, 11) is -3.97. The summed E-state index contributed by atoms with van der Waals surface area (Å²) in [4.78, 5) is 11.5. The van der Waals surface area contributed by atoms with Crippen LogP contribution in [0, 0.1) is 17.2 Å². The van der Waals surface area contributed by atoms with E-state index in [2.05, 4.69) is 11.6 Å². The minimum absolute atomic E-state index is 0.243. The van der Waals surface area contributed by atoms with E-state index >= 15 is 0 Å². The molecule has 1 unspecified atom stereocenters. The maximum Gasteiger partial charge on any atom is 0.320 e. The van der Waals surface area contributed by atoms with E-state index in [1.165, 1.54) is 11.3 Å². The highest BCUT2D eigenvalue weighted by atomic mass is 32.2. The maximum absolute atomic E-state index is 11.7. The van der Waals surface area contributed by atoms with Crippen molar-refractivity contribution >= 4 is 32.3 Å². The molecule has 1 aromatic rings. The van der Waals surface area contributed by atoms with Crippen LogP contribution in [0.15, 0.2) is 0 Å². The standard InChI is InChI=1S/C12H14N2O4S2/c1-7-2-3-8-9(5-13)12(19-10(8)4-7)14-20(17,18)6-11(15)16/h7,14H,2-4,6H2,1H3,(H,15,16). The van der Waals surface area contributed by atoms with Gasteiger partial charge in [-0.1, -0.05) is 6.92 Å². The van der Waals surface area contributed by atoms with E-state index in [4.69, 9.17) is 5.11 Å². The molecule has 8 heteroatoms. The van der Waals surface area contributed by atoms with E-state index in [0.717, 1.165) is 29.7 Å². The maximum atomic E-state index is 11.7. The van der Waals surface area contributed by atoms with Crippen LogP contribution in [0.25, 0.3) is 0 Å². The Morgan fingerprint density at radius 1 is 1.60 bits per heavy atom. The topological polar surface area (TPSA) is 107 Å². The molecule has 0 fully saturated rings. The number of rotatable bonds is 4. The highest BCUT2D eigenvalue weighted by Crippen LogP contribution is 2.39. The average Bonchev–Trinajstić information content (AvgIpc) is 2.62. The normalized spacial score (nSPS) is 18.1. The van der Waals surface area contributed by atoms with Gasteiger partial charge < -0.3 is 5.11 Å². The number of anilines is 1. The summed E-state index contributed by atoms with van der Waals surface area (Å²) in [5.74, 6) is -1.92. The van der Waals surface area contributed by atoms with Gasteiger partial charge in [-0.05, 0) is 30.7 Å². The van der Waals surface area contributed by atoms with Crippen molar-refractivity contribution in [2.24, 2.45) is 5.92 Å². The first kappa shape index (κ1) is 14.8. The van der Waals surface area contributed by atoms with Crippen molar-refractivity contribution in [3.05, 3.63) is 16.0 Å². The van der Waals surface area contributed by atoms with Gasteiger partial charge in [0, 0.05) is 4.88 Å². The Labute approximate surface area is 121 Å². The number of thiophene rings is 1. The SMILES string of the molecule is CC1CCc2c(sc(NS(=O)(=O)CC(=O)O)c2C#N)C1. The Hall–Kier alpha value is -1.59. The molecule has 0 saturated carbocycles. The molecule has 1 aliphatic carbocycles. The Morgan fingerprint density at radius 2 is 2.30 bits per heavy atom. The van der Waals surface area contributed by atoms with Crippen molar-refractivity contribution in [3.8, 4) is 6.07 Å². The van der Waals surface area contributed by atoms with Crippen LogP contribution < -0.4 is 4.72 Å². The Bertz CT molecular complexity index is 685. The third-order valence-corrected chi connectivity index (χ3v) is 5.63. The quantitative estimate of drug-likeness (QED) is 0.877. The first-order chi connectivity index (χ1) is 9.32. The molecule has 0 aliphatic heterocycles. The van der Waals surface area contributed by atoms with Crippen LogP contribution in [0.5, 0.6) is 0 Å². The Balaban J connectivity index is 2.34.